The fraction of sp³-hybridized carbons (Fsp3) is 0.167. The van der Waals surface area contributed by atoms with Crippen molar-refractivity contribution in [2.45, 2.75) is 13.1 Å². The molecule has 0 spiro atoms. The highest BCUT2D eigenvalue weighted by molar-refractivity contribution is 9.10. The van der Waals surface area contributed by atoms with Gasteiger partial charge in [-0.05, 0) is 39.0 Å². The molecule has 90 valence electrons. The Morgan fingerprint density at radius 2 is 2.00 bits per heavy atom. The average molecular weight is 351 g/mol. The van der Waals surface area contributed by atoms with Gasteiger partial charge in [-0.15, -0.1) is 11.3 Å². The molecule has 2 aromatic rings. The van der Waals surface area contributed by atoms with E-state index in [2.05, 4.69) is 26.6 Å². The number of nitrogens with one attached hydrogen (secondary N) is 1. The van der Waals surface area contributed by atoms with E-state index in [1.54, 1.807) is 17.4 Å². The molecule has 17 heavy (non-hydrogen) atoms. The Balaban J connectivity index is 1.95. The van der Waals surface area contributed by atoms with Crippen molar-refractivity contribution in [1.82, 2.24) is 5.32 Å². The first-order valence-corrected chi connectivity index (χ1v) is 7.47. The second-order valence-corrected chi connectivity index (χ2v) is 6.15. The summed E-state index contributed by atoms with van der Waals surface area (Å²) < 4.78 is 1.15. The first-order valence-electron chi connectivity index (χ1n) is 5.04. The van der Waals surface area contributed by atoms with E-state index >= 15 is 0 Å². The Bertz CT molecular complexity index is 513. The lowest BCUT2D eigenvalue weighted by atomic mass is 10.2. The molecule has 1 aromatic heterocycles. The van der Waals surface area contributed by atoms with Crippen LogP contribution in [0.15, 0.2) is 34.1 Å². The molecule has 1 N–H and O–H groups in total. The Hall–Kier alpha value is -0.0600. The van der Waals surface area contributed by atoms with Gasteiger partial charge in [-0.2, -0.15) is 0 Å². The molecule has 0 saturated heterocycles. The van der Waals surface area contributed by atoms with Crippen molar-refractivity contribution in [3.63, 3.8) is 0 Å². The van der Waals surface area contributed by atoms with Gasteiger partial charge < -0.3 is 5.32 Å². The molecule has 0 aliphatic rings. The Kier molecular flexibility index (Phi) is 4.88. The van der Waals surface area contributed by atoms with Crippen LogP contribution >= 0.6 is 50.5 Å². The number of benzene rings is 1. The van der Waals surface area contributed by atoms with E-state index in [-0.39, 0.29) is 0 Å². The van der Waals surface area contributed by atoms with Crippen LogP contribution in [-0.4, -0.2) is 0 Å². The van der Waals surface area contributed by atoms with Crippen molar-refractivity contribution in [3.8, 4) is 0 Å². The van der Waals surface area contributed by atoms with Crippen molar-refractivity contribution < 1.29 is 0 Å². The first kappa shape index (κ1) is 13.4. The van der Waals surface area contributed by atoms with E-state index in [4.69, 9.17) is 23.2 Å². The third-order valence-corrected chi connectivity index (χ3v) is 5.11. The van der Waals surface area contributed by atoms with Gasteiger partial charge in [-0.25, -0.2) is 0 Å². The van der Waals surface area contributed by atoms with Gasteiger partial charge >= 0.3 is 0 Å². The smallest absolute Gasteiger partial charge is 0.0637 e. The van der Waals surface area contributed by atoms with Crippen molar-refractivity contribution >= 4 is 50.5 Å². The lowest BCUT2D eigenvalue weighted by Gasteiger charge is -2.07. The monoisotopic (exact) mass is 349 g/mol. The maximum absolute atomic E-state index is 6.11. The highest BCUT2D eigenvalue weighted by Gasteiger charge is 2.05. The van der Waals surface area contributed by atoms with Crippen LogP contribution in [0.25, 0.3) is 0 Å². The minimum absolute atomic E-state index is 0.600. The molecule has 5 heteroatoms. The number of rotatable bonds is 4. The van der Waals surface area contributed by atoms with Gasteiger partial charge in [0.25, 0.3) is 0 Å². The van der Waals surface area contributed by atoms with E-state index in [1.165, 1.54) is 4.88 Å². The first-order chi connectivity index (χ1) is 8.18. The minimum Gasteiger partial charge on any atom is -0.308 e. The Morgan fingerprint density at radius 3 is 2.71 bits per heavy atom. The molecule has 0 atom stereocenters. The SMILES string of the molecule is Clc1cccc(CNCc2sccc2Br)c1Cl. The summed E-state index contributed by atoms with van der Waals surface area (Å²) in [6, 6.07) is 7.73. The van der Waals surface area contributed by atoms with Crippen molar-refractivity contribution in [1.29, 1.82) is 0 Å². The molecule has 0 unspecified atom stereocenters. The molecule has 0 fully saturated rings. The van der Waals surface area contributed by atoms with Crippen molar-refractivity contribution in [3.05, 3.63) is 54.6 Å². The highest BCUT2D eigenvalue weighted by atomic mass is 79.9. The number of hydrogen-bond donors (Lipinski definition) is 1. The summed E-state index contributed by atoms with van der Waals surface area (Å²) >= 11 is 17.3. The van der Waals surface area contributed by atoms with Gasteiger partial charge in [0, 0.05) is 22.4 Å². The van der Waals surface area contributed by atoms with Crippen molar-refractivity contribution in [2.24, 2.45) is 0 Å². The Morgan fingerprint density at radius 1 is 1.18 bits per heavy atom. The van der Waals surface area contributed by atoms with E-state index < -0.39 is 0 Å². The minimum atomic E-state index is 0.600. The normalized spacial score (nSPS) is 10.8. The standard InChI is InChI=1S/C12H10BrCl2NS/c13-9-4-5-17-11(9)7-16-6-8-2-1-3-10(14)12(8)15/h1-5,16H,6-7H2. The molecular weight excluding hydrogens is 341 g/mol. The molecule has 0 amide bonds. The zero-order valence-electron chi connectivity index (χ0n) is 8.84. The van der Waals surface area contributed by atoms with Crippen LogP contribution in [0, 0.1) is 0 Å². The lowest BCUT2D eigenvalue weighted by Crippen LogP contribution is -2.12. The number of thiophene rings is 1. The zero-order chi connectivity index (χ0) is 12.3. The molecule has 1 heterocycles. The lowest BCUT2D eigenvalue weighted by molar-refractivity contribution is 0.699. The van der Waals surface area contributed by atoms with E-state index in [0.717, 1.165) is 16.6 Å². The van der Waals surface area contributed by atoms with Gasteiger partial charge in [0.05, 0.1) is 10.0 Å². The van der Waals surface area contributed by atoms with Crippen LogP contribution in [0.2, 0.25) is 10.0 Å². The van der Waals surface area contributed by atoms with Crippen LogP contribution in [-0.2, 0) is 13.1 Å². The molecule has 1 nitrogen and oxygen atoms in total. The molecule has 0 radical (unpaired) electrons. The quantitative estimate of drug-likeness (QED) is 0.808. The predicted octanol–water partition coefficient (Wildman–Crippen LogP) is 5.11. The van der Waals surface area contributed by atoms with Crippen LogP contribution < -0.4 is 5.32 Å². The largest absolute Gasteiger partial charge is 0.308 e. The Labute approximate surface area is 123 Å². The maximum Gasteiger partial charge on any atom is 0.0637 e. The molecular formula is C12H10BrCl2NS. The summed E-state index contributed by atoms with van der Waals surface area (Å²) in [6.07, 6.45) is 0. The summed E-state index contributed by atoms with van der Waals surface area (Å²) in [5, 5.41) is 6.64. The van der Waals surface area contributed by atoms with Gasteiger partial charge in [0.15, 0.2) is 0 Å². The summed E-state index contributed by atoms with van der Waals surface area (Å²) in [5.74, 6) is 0. The summed E-state index contributed by atoms with van der Waals surface area (Å²) in [5.41, 5.74) is 1.02. The number of hydrogen-bond acceptors (Lipinski definition) is 2. The predicted molar refractivity (Wildman–Crippen MR) is 79.0 cm³/mol. The van der Waals surface area contributed by atoms with Gasteiger partial charge in [0.1, 0.15) is 0 Å². The molecule has 0 aliphatic carbocycles. The summed E-state index contributed by atoms with van der Waals surface area (Å²) in [7, 11) is 0. The van der Waals surface area contributed by atoms with Gasteiger partial charge in [-0.3, -0.25) is 0 Å². The molecule has 1 aromatic carbocycles. The highest BCUT2D eigenvalue weighted by Crippen LogP contribution is 2.26. The van der Waals surface area contributed by atoms with Crippen molar-refractivity contribution in [2.75, 3.05) is 0 Å². The molecule has 0 saturated carbocycles. The fourth-order valence-electron chi connectivity index (χ4n) is 1.45. The molecule has 0 aliphatic heterocycles. The topological polar surface area (TPSA) is 12.0 Å². The van der Waals surface area contributed by atoms with Crippen LogP contribution in [0.3, 0.4) is 0 Å². The summed E-state index contributed by atoms with van der Waals surface area (Å²) in [4.78, 5) is 1.28. The summed E-state index contributed by atoms with van der Waals surface area (Å²) in [6.45, 7) is 1.53. The molecule has 0 bridgehead atoms. The van der Waals surface area contributed by atoms with Gasteiger partial charge in [0.2, 0.25) is 0 Å². The van der Waals surface area contributed by atoms with E-state index in [0.29, 0.717) is 16.6 Å². The zero-order valence-corrected chi connectivity index (χ0v) is 12.8. The van der Waals surface area contributed by atoms with E-state index in [9.17, 15) is 0 Å². The van der Waals surface area contributed by atoms with Crippen LogP contribution in [0.5, 0.6) is 0 Å². The third kappa shape index (κ3) is 3.46. The second-order valence-electron chi connectivity index (χ2n) is 3.51. The maximum atomic E-state index is 6.11. The van der Waals surface area contributed by atoms with Crippen LogP contribution in [0.1, 0.15) is 10.4 Å². The van der Waals surface area contributed by atoms with Gasteiger partial charge in [-0.1, -0.05) is 35.3 Å². The second kappa shape index (κ2) is 6.21. The van der Waals surface area contributed by atoms with E-state index in [1.807, 2.05) is 18.2 Å². The average Bonchev–Trinajstić information content (AvgIpc) is 2.71. The number of halogens is 3. The molecule has 2 rings (SSSR count). The fourth-order valence-corrected chi connectivity index (χ4v) is 3.30. The third-order valence-electron chi connectivity index (χ3n) is 2.32. The van der Waals surface area contributed by atoms with Crippen LogP contribution in [0.4, 0.5) is 0 Å².